The minimum absolute atomic E-state index is 0.00785. The van der Waals surface area contributed by atoms with Crippen LogP contribution in [-0.4, -0.2) is 31.5 Å². The van der Waals surface area contributed by atoms with Gasteiger partial charge in [0.1, 0.15) is 4.99 Å². The van der Waals surface area contributed by atoms with Gasteiger partial charge in [-0.15, -0.1) is 0 Å². The summed E-state index contributed by atoms with van der Waals surface area (Å²) in [6.07, 6.45) is 2.19. The Kier molecular flexibility index (Phi) is 6.04. The Balaban J connectivity index is 1.89. The molecule has 1 heterocycles. The van der Waals surface area contributed by atoms with Gasteiger partial charge in [-0.25, -0.2) is 13.1 Å². The topological polar surface area (TPSA) is 72.2 Å². The molecule has 0 bridgehead atoms. The number of rotatable bonds is 6. The molecule has 7 heteroatoms. The third-order valence-corrected chi connectivity index (χ3v) is 6.13. The summed E-state index contributed by atoms with van der Waals surface area (Å²) in [5.41, 5.74) is 7.01. The van der Waals surface area contributed by atoms with E-state index >= 15 is 0 Å². The highest BCUT2D eigenvalue weighted by Gasteiger charge is 2.17. The molecule has 0 radical (unpaired) electrons. The summed E-state index contributed by atoms with van der Waals surface area (Å²) in [5.74, 6) is 2.73. The van der Waals surface area contributed by atoms with Gasteiger partial charge in [-0.2, -0.15) is 11.8 Å². The average molecular weight is 345 g/mol. The molecule has 4 nitrogen and oxygen atoms in total. The molecule has 0 saturated carbocycles. The molecule has 1 aliphatic heterocycles. The Morgan fingerprint density at radius 3 is 2.48 bits per heavy atom. The maximum absolute atomic E-state index is 12.1. The van der Waals surface area contributed by atoms with Crippen molar-refractivity contribution in [2.45, 2.75) is 18.6 Å². The number of benzene rings is 1. The fraction of sp³-hybridized carbons (Fsp3) is 0.500. The zero-order valence-corrected chi connectivity index (χ0v) is 14.2. The Bertz CT molecular complexity index is 579. The zero-order valence-electron chi connectivity index (χ0n) is 11.7. The van der Waals surface area contributed by atoms with Gasteiger partial charge in [-0.05, 0) is 35.8 Å². The van der Waals surface area contributed by atoms with Gasteiger partial charge in [0, 0.05) is 12.1 Å². The van der Waals surface area contributed by atoms with E-state index in [1.165, 1.54) is 0 Å². The standard InChI is InChI=1S/C14H20N2O2S3/c15-14(19)13-3-1-12(2-4-13)10-21(17,18)16-9-11-5-7-20-8-6-11/h1-4,11,16H,5-10H2,(H2,15,19). The van der Waals surface area contributed by atoms with Crippen LogP contribution < -0.4 is 10.5 Å². The Morgan fingerprint density at radius 2 is 1.90 bits per heavy atom. The van der Waals surface area contributed by atoms with Crippen LogP contribution >= 0.6 is 24.0 Å². The van der Waals surface area contributed by atoms with Crippen LogP contribution in [0.3, 0.4) is 0 Å². The lowest BCUT2D eigenvalue weighted by molar-refractivity contribution is 0.476. The smallest absolute Gasteiger partial charge is 0.215 e. The molecule has 0 aliphatic carbocycles. The first-order chi connectivity index (χ1) is 9.96. The van der Waals surface area contributed by atoms with E-state index in [4.69, 9.17) is 18.0 Å². The van der Waals surface area contributed by atoms with E-state index < -0.39 is 10.0 Å². The number of hydrogen-bond acceptors (Lipinski definition) is 4. The third kappa shape index (κ3) is 5.58. The van der Waals surface area contributed by atoms with Crippen molar-refractivity contribution in [3.63, 3.8) is 0 Å². The minimum atomic E-state index is -3.29. The summed E-state index contributed by atoms with van der Waals surface area (Å²) >= 11 is 6.81. The summed E-state index contributed by atoms with van der Waals surface area (Å²) in [4.78, 5) is 0.317. The first-order valence-corrected chi connectivity index (χ1v) is 10.1. The first kappa shape index (κ1) is 16.7. The van der Waals surface area contributed by atoms with Crippen molar-refractivity contribution in [2.24, 2.45) is 11.7 Å². The number of nitrogens with two attached hydrogens (primary N) is 1. The fourth-order valence-corrected chi connectivity index (χ4v) is 4.79. The van der Waals surface area contributed by atoms with Gasteiger partial charge in [-0.3, -0.25) is 0 Å². The van der Waals surface area contributed by atoms with Gasteiger partial charge in [0.25, 0.3) is 0 Å². The monoisotopic (exact) mass is 344 g/mol. The lowest BCUT2D eigenvalue weighted by Crippen LogP contribution is -2.31. The van der Waals surface area contributed by atoms with Crippen molar-refractivity contribution in [1.29, 1.82) is 0 Å². The van der Waals surface area contributed by atoms with Crippen LogP contribution in [0.5, 0.6) is 0 Å². The highest BCUT2D eigenvalue weighted by molar-refractivity contribution is 7.99. The van der Waals surface area contributed by atoms with Crippen molar-refractivity contribution in [3.05, 3.63) is 35.4 Å². The molecule has 0 spiro atoms. The molecule has 1 aliphatic rings. The predicted molar refractivity (Wildman–Crippen MR) is 93.0 cm³/mol. The van der Waals surface area contributed by atoms with Gasteiger partial charge >= 0.3 is 0 Å². The first-order valence-electron chi connectivity index (χ1n) is 6.90. The molecule has 2 rings (SSSR count). The summed E-state index contributed by atoms with van der Waals surface area (Å²) in [5, 5.41) is 0. The Morgan fingerprint density at radius 1 is 1.29 bits per heavy atom. The maximum Gasteiger partial charge on any atom is 0.215 e. The van der Waals surface area contributed by atoms with E-state index in [2.05, 4.69) is 4.72 Å². The molecule has 1 fully saturated rings. The van der Waals surface area contributed by atoms with Crippen LogP contribution in [0, 0.1) is 5.92 Å². The van der Waals surface area contributed by atoms with E-state index in [-0.39, 0.29) is 5.75 Å². The second-order valence-electron chi connectivity index (χ2n) is 5.22. The highest BCUT2D eigenvalue weighted by atomic mass is 32.2. The molecule has 21 heavy (non-hydrogen) atoms. The van der Waals surface area contributed by atoms with Crippen molar-refractivity contribution >= 4 is 39.0 Å². The third-order valence-electron chi connectivity index (χ3n) is 3.53. The van der Waals surface area contributed by atoms with E-state index in [0.29, 0.717) is 17.5 Å². The largest absolute Gasteiger partial charge is 0.389 e. The lowest BCUT2D eigenvalue weighted by Gasteiger charge is -2.21. The highest BCUT2D eigenvalue weighted by Crippen LogP contribution is 2.22. The van der Waals surface area contributed by atoms with Crippen LogP contribution in [-0.2, 0) is 15.8 Å². The molecule has 0 atom stereocenters. The van der Waals surface area contributed by atoms with Gasteiger partial charge in [-0.1, -0.05) is 36.5 Å². The number of nitrogens with one attached hydrogen (secondary N) is 1. The summed E-state index contributed by atoms with van der Waals surface area (Å²) in [7, 11) is -3.29. The lowest BCUT2D eigenvalue weighted by atomic mass is 10.0. The molecule has 0 unspecified atom stereocenters. The molecule has 116 valence electrons. The van der Waals surface area contributed by atoms with Crippen LogP contribution in [0.25, 0.3) is 0 Å². The molecule has 3 N–H and O–H groups in total. The van der Waals surface area contributed by atoms with Crippen LogP contribution in [0.4, 0.5) is 0 Å². The summed E-state index contributed by atoms with van der Waals surface area (Å²) in [6, 6.07) is 7.02. The number of hydrogen-bond donors (Lipinski definition) is 2. The summed E-state index contributed by atoms with van der Waals surface area (Å²) in [6.45, 7) is 0.549. The Labute approximate surface area is 135 Å². The van der Waals surface area contributed by atoms with Gasteiger partial charge in [0.15, 0.2) is 0 Å². The van der Waals surface area contributed by atoms with Crippen LogP contribution in [0.1, 0.15) is 24.0 Å². The molecular weight excluding hydrogens is 324 g/mol. The quantitative estimate of drug-likeness (QED) is 0.771. The molecular formula is C14H20N2O2S3. The van der Waals surface area contributed by atoms with Crippen molar-refractivity contribution in [2.75, 3.05) is 18.1 Å². The van der Waals surface area contributed by atoms with E-state index in [1.807, 2.05) is 11.8 Å². The van der Waals surface area contributed by atoms with Crippen LogP contribution in [0.15, 0.2) is 24.3 Å². The molecule has 0 aromatic heterocycles. The average Bonchev–Trinajstić information content (AvgIpc) is 2.46. The molecule has 1 aromatic carbocycles. The summed E-state index contributed by atoms with van der Waals surface area (Å²) < 4.78 is 26.9. The molecule has 0 amide bonds. The molecule has 1 aromatic rings. The normalized spacial score (nSPS) is 16.8. The number of thiocarbonyl (C=S) groups is 1. The van der Waals surface area contributed by atoms with E-state index in [0.717, 1.165) is 35.5 Å². The van der Waals surface area contributed by atoms with Crippen molar-refractivity contribution < 1.29 is 8.42 Å². The van der Waals surface area contributed by atoms with Gasteiger partial charge < -0.3 is 5.73 Å². The predicted octanol–water partition coefficient (Wildman–Crippen LogP) is 1.88. The Hall–Kier alpha value is -0.630. The maximum atomic E-state index is 12.1. The van der Waals surface area contributed by atoms with Crippen molar-refractivity contribution in [3.8, 4) is 0 Å². The number of sulfonamides is 1. The number of thioether (sulfide) groups is 1. The van der Waals surface area contributed by atoms with E-state index in [1.54, 1.807) is 24.3 Å². The molecule has 1 saturated heterocycles. The van der Waals surface area contributed by atoms with Gasteiger partial charge in [0.2, 0.25) is 10.0 Å². The van der Waals surface area contributed by atoms with E-state index in [9.17, 15) is 8.42 Å². The SMILES string of the molecule is NC(=S)c1ccc(CS(=O)(=O)NCC2CCSCC2)cc1. The van der Waals surface area contributed by atoms with Crippen molar-refractivity contribution in [1.82, 2.24) is 4.72 Å². The van der Waals surface area contributed by atoms with Crippen LogP contribution in [0.2, 0.25) is 0 Å². The fourth-order valence-electron chi connectivity index (χ4n) is 2.23. The second-order valence-corrected chi connectivity index (χ2v) is 8.70. The van der Waals surface area contributed by atoms with Gasteiger partial charge in [0.05, 0.1) is 5.75 Å². The minimum Gasteiger partial charge on any atom is -0.389 e. The second kappa shape index (κ2) is 7.58. The zero-order chi connectivity index (χ0) is 15.3.